The van der Waals surface area contributed by atoms with Crippen molar-refractivity contribution in [1.29, 1.82) is 0 Å². The predicted molar refractivity (Wildman–Crippen MR) is 105 cm³/mol. The quantitative estimate of drug-likeness (QED) is 0.495. The highest BCUT2D eigenvalue weighted by molar-refractivity contribution is 9.10. The van der Waals surface area contributed by atoms with Gasteiger partial charge in [-0.15, -0.1) is 5.10 Å². The lowest BCUT2D eigenvalue weighted by Gasteiger charge is -2.09. The van der Waals surface area contributed by atoms with Crippen LogP contribution >= 0.6 is 15.9 Å². The van der Waals surface area contributed by atoms with Crippen LogP contribution in [0.4, 0.5) is 6.01 Å². The highest BCUT2D eigenvalue weighted by Crippen LogP contribution is 2.29. The van der Waals surface area contributed by atoms with Gasteiger partial charge in [0.15, 0.2) is 0 Å². The van der Waals surface area contributed by atoms with E-state index >= 15 is 0 Å². The molecule has 0 bridgehead atoms. The number of hydrogen-bond donors (Lipinski definition) is 1. The standard InChI is InChI=1S/C19H16BrN5O2/c1-26-17-10-14(4-7-16(17)25-9-8-21-12-25)18-23-24-19(27-18)22-11-13-2-5-15(20)6-3-13/h2-10,12H,11H2,1H3,(H,22,24). The van der Waals surface area contributed by atoms with Gasteiger partial charge in [-0.3, -0.25) is 0 Å². The highest BCUT2D eigenvalue weighted by Gasteiger charge is 2.12. The SMILES string of the molecule is COc1cc(-c2nnc(NCc3ccc(Br)cc3)o2)ccc1-n1ccnc1. The smallest absolute Gasteiger partial charge is 0.316 e. The minimum absolute atomic E-state index is 0.366. The molecule has 0 radical (unpaired) electrons. The van der Waals surface area contributed by atoms with Gasteiger partial charge in [-0.2, -0.15) is 0 Å². The monoisotopic (exact) mass is 425 g/mol. The number of aromatic nitrogens is 4. The summed E-state index contributed by atoms with van der Waals surface area (Å²) in [6.45, 7) is 0.595. The first-order chi connectivity index (χ1) is 13.2. The molecule has 0 amide bonds. The fourth-order valence-corrected chi connectivity index (χ4v) is 2.88. The number of imidazole rings is 1. The third-order valence-corrected chi connectivity index (χ3v) is 4.52. The second-order valence-corrected chi connectivity index (χ2v) is 6.66. The Bertz CT molecular complexity index is 1030. The number of halogens is 1. The van der Waals surface area contributed by atoms with Crippen LogP contribution in [0.3, 0.4) is 0 Å². The molecular weight excluding hydrogens is 410 g/mol. The zero-order valence-corrected chi connectivity index (χ0v) is 16.0. The zero-order valence-electron chi connectivity index (χ0n) is 14.5. The Hall–Kier alpha value is -3.13. The van der Waals surface area contributed by atoms with E-state index in [9.17, 15) is 0 Å². The van der Waals surface area contributed by atoms with Gasteiger partial charge in [0.25, 0.3) is 0 Å². The summed E-state index contributed by atoms with van der Waals surface area (Å²) in [5.74, 6) is 1.11. The summed E-state index contributed by atoms with van der Waals surface area (Å²) in [6, 6.07) is 14.1. The molecule has 0 spiro atoms. The third kappa shape index (κ3) is 3.85. The molecule has 136 valence electrons. The van der Waals surface area contributed by atoms with E-state index in [2.05, 4.69) is 36.4 Å². The molecule has 2 heterocycles. The molecule has 0 saturated heterocycles. The fraction of sp³-hybridized carbons (Fsp3) is 0.105. The summed E-state index contributed by atoms with van der Waals surface area (Å²) in [6.07, 6.45) is 5.29. The number of nitrogens with zero attached hydrogens (tertiary/aromatic N) is 4. The number of nitrogens with one attached hydrogen (secondary N) is 1. The summed E-state index contributed by atoms with van der Waals surface area (Å²) < 4.78 is 14.1. The van der Waals surface area contributed by atoms with Crippen molar-refractivity contribution in [3.63, 3.8) is 0 Å². The molecular formula is C19H16BrN5O2. The molecule has 4 aromatic rings. The summed E-state index contributed by atoms with van der Waals surface area (Å²) >= 11 is 3.42. The van der Waals surface area contributed by atoms with Gasteiger partial charge < -0.3 is 19.0 Å². The van der Waals surface area contributed by atoms with Gasteiger partial charge in [-0.25, -0.2) is 4.98 Å². The van der Waals surface area contributed by atoms with Gasteiger partial charge in [0.05, 0.1) is 19.1 Å². The second-order valence-electron chi connectivity index (χ2n) is 5.75. The minimum Gasteiger partial charge on any atom is -0.495 e. The molecule has 4 rings (SSSR count). The zero-order chi connectivity index (χ0) is 18.6. The topological polar surface area (TPSA) is 78.0 Å². The van der Waals surface area contributed by atoms with E-state index in [-0.39, 0.29) is 0 Å². The van der Waals surface area contributed by atoms with Crippen molar-refractivity contribution in [3.05, 3.63) is 71.2 Å². The third-order valence-electron chi connectivity index (χ3n) is 3.99. The van der Waals surface area contributed by atoms with Crippen molar-refractivity contribution >= 4 is 21.9 Å². The van der Waals surface area contributed by atoms with E-state index in [1.807, 2.05) is 53.2 Å². The largest absolute Gasteiger partial charge is 0.495 e. The van der Waals surface area contributed by atoms with Crippen LogP contribution in [0.5, 0.6) is 5.75 Å². The van der Waals surface area contributed by atoms with Crippen molar-refractivity contribution in [2.45, 2.75) is 6.54 Å². The predicted octanol–water partition coefficient (Wildman–Crippen LogP) is 4.31. The summed E-state index contributed by atoms with van der Waals surface area (Å²) in [5, 5.41) is 11.3. The molecule has 0 aliphatic carbocycles. The Balaban J connectivity index is 1.51. The van der Waals surface area contributed by atoms with Crippen molar-refractivity contribution < 1.29 is 9.15 Å². The number of anilines is 1. The minimum atomic E-state index is 0.366. The van der Waals surface area contributed by atoms with Gasteiger partial charge in [-0.05, 0) is 35.9 Å². The maximum Gasteiger partial charge on any atom is 0.316 e. The maximum atomic E-state index is 5.73. The normalized spacial score (nSPS) is 10.7. The first-order valence-electron chi connectivity index (χ1n) is 8.21. The lowest BCUT2D eigenvalue weighted by atomic mass is 10.2. The average Bonchev–Trinajstić information content (AvgIpc) is 3.39. The molecule has 2 aromatic heterocycles. The molecule has 1 N–H and O–H groups in total. The summed E-state index contributed by atoms with van der Waals surface area (Å²) in [7, 11) is 1.62. The van der Waals surface area contributed by atoms with Crippen molar-refractivity contribution in [2.75, 3.05) is 12.4 Å². The van der Waals surface area contributed by atoms with E-state index in [1.165, 1.54) is 0 Å². The molecule has 0 fully saturated rings. The maximum absolute atomic E-state index is 5.73. The Labute approximate surface area is 164 Å². The molecule has 2 aromatic carbocycles. The van der Waals surface area contributed by atoms with Crippen LogP contribution in [0, 0.1) is 0 Å². The molecule has 0 saturated carbocycles. The van der Waals surface area contributed by atoms with Crippen LogP contribution in [0.15, 0.2) is 70.1 Å². The van der Waals surface area contributed by atoms with Crippen LogP contribution in [0.25, 0.3) is 17.1 Å². The van der Waals surface area contributed by atoms with Gasteiger partial charge >= 0.3 is 6.01 Å². The average molecular weight is 426 g/mol. The van der Waals surface area contributed by atoms with Crippen molar-refractivity contribution in [3.8, 4) is 22.9 Å². The Kier molecular flexibility index (Phi) is 4.88. The lowest BCUT2D eigenvalue weighted by molar-refractivity contribution is 0.413. The van der Waals surface area contributed by atoms with Crippen LogP contribution in [0.2, 0.25) is 0 Å². The number of hydrogen-bond acceptors (Lipinski definition) is 6. The van der Waals surface area contributed by atoms with Crippen LogP contribution in [0.1, 0.15) is 5.56 Å². The van der Waals surface area contributed by atoms with Crippen LogP contribution < -0.4 is 10.1 Å². The summed E-state index contributed by atoms with van der Waals surface area (Å²) in [4.78, 5) is 4.06. The van der Waals surface area contributed by atoms with Gasteiger partial charge in [0.2, 0.25) is 5.89 Å². The van der Waals surface area contributed by atoms with E-state index in [0.29, 0.717) is 24.2 Å². The Morgan fingerprint density at radius 2 is 2.00 bits per heavy atom. The van der Waals surface area contributed by atoms with E-state index < -0.39 is 0 Å². The lowest BCUT2D eigenvalue weighted by Crippen LogP contribution is -1.99. The Morgan fingerprint density at radius 3 is 2.74 bits per heavy atom. The molecule has 27 heavy (non-hydrogen) atoms. The van der Waals surface area contributed by atoms with E-state index in [0.717, 1.165) is 21.3 Å². The van der Waals surface area contributed by atoms with Crippen LogP contribution in [-0.2, 0) is 6.54 Å². The van der Waals surface area contributed by atoms with Crippen molar-refractivity contribution in [1.82, 2.24) is 19.7 Å². The number of methoxy groups -OCH3 is 1. The summed E-state index contributed by atoms with van der Waals surface area (Å²) in [5.41, 5.74) is 2.77. The van der Waals surface area contributed by atoms with Crippen molar-refractivity contribution in [2.24, 2.45) is 0 Å². The molecule has 0 atom stereocenters. The second kappa shape index (κ2) is 7.63. The highest BCUT2D eigenvalue weighted by atomic mass is 79.9. The van der Waals surface area contributed by atoms with E-state index in [4.69, 9.17) is 9.15 Å². The molecule has 8 heteroatoms. The molecule has 0 aliphatic rings. The van der Waals surface area contributed by atoms with E-state index in [1.54, 1.807) is 19.6 Å². The number of benzene rings is 2. The first-order valence-corrected chi connectivity index (χ1v) is 9.01. The van der Waals surface area contributed by atoms with Gasteiger partial charge in [0, 0.05) is 29.0 Å². The van der Waals surface area contributed by atoms with Crippen LogP contribution in [-0.4, -0.2) is 26.9 Å². The fourth-order valence-electron chi connectivity index (χ4n) is 2.62. The molecule has 0 aliphatic heterocycles. The van der Waals surface area contributed by atoms with Gasteiger partial charge in [-0.1, -0.05) is 33.2 Å². The first kappa shape index (κ1) is 17.3. The number of rotatable bonds is 6. The van der Waals surface area contributed by atoms with Gasteiger partial charge in [0.1, 0.15) is 5.75 Å². The Morgan fingerprint density at radius 1 is 1.15 bits per heavy atom. The molecule has 7 nitrogen and oxygen atoms in total. The molecule has 0 unspecified atom stereocenters. The number of ether oxygens (including phenoxy) is 1.